The molecular formula is C9H9NO4S. The fourth-order valence-electron chi connectivity index (χ4n) is 1.60. The summed E-state index contributed by atoms with van der Waals surface area (Å²) in [6, 6.07) is 4.39. The Morgan fingerprint density at radius 1 is 1.40 bits per heavy atom. The van der Waals surface area contributed by atoms with Gasteiger partial charge < -0.3 is 10.4 Å². The molecule has 5 nitrogen and oxygen atoms in total. The maximum atomic E-state index is 11.7. The van der Waals surface area contributed by atoms with Crippen LogP contribution in [-0.2, 0) is 9.84 Å². The average Bonchev–Trinajstić information content (AvgIpc) is 2.16. The van der Waals surface area contributed by atoms with Gasteiger partial charge in [-0.25, -0.2) is 13.2 Å². The molecule has 1 heterocycles. The molecule has 0 radical (unpaired) electrons. The molecule has 0 aromatic heterocycles. The molecule has 0 bridgehead atoms. The summed E-state index contributed by atoms with van der Waals surface area (Å²) in [7, 11) is -3.46. The second-order valence-electron chi connectivity index (χ2n) is 3.23. The zero-order valence-corrected chi connectivity index (χ0v) is 8.54. The van der Waals surface area contributed by atoms with E-state index in [0.717, 1.165) is 0 Å². The SMILES string of the molecule is O=C(O)c1cccc2c1S(=O)(=O)CCN2. The summed E-state index contributed by atoms with van der Waals surface area (Å²) in [6.45, 7) is 0.318. The van der Waals surface area contributed by atoms with Crippen LogP contribution in [0.15, 0.2) is 23.1 Å². The van der Waals surface area contributed by atoms with Gasteiger partial charge >= 0.3 is 5.97 Å². The number of fused-ring (bicyclic) bond motifs is 1. The van der Waals surface area contributed by atoms with Crippen molar-refractivity contribution in [2.75, 3.05) is 17.6 Å². The van der Waals surface area contributed by atoms with Gasteiger partial charge in [0.2, 0.25) is 0 Å². The Kier molecular flexibility index (Phi) is 2.15. The van der Waals surface area contributed by atoms with Crippen molar-refractivity contribution in [1.82, 2.24) is 0 Å². The zero-order valence-electron chi connectivity index (χ0n) is 7.73. The molecule has 80 valence electrons. The fourth-order valence-corrected chi connectivity index (χ4v) is 3.14. The second kappa shape index (κ2) is 3.23. The first-order valence-corrected chi connectivity index (χ1v) is 6.00. The van der Waals surface area contributed by atoms with Crippen molar-refractivity contribution in [1.29, 1.82) is 0 Å². The zero-order chi connectivity index (χ0) is 11.1. The Balaban J connectivity index is 2.77. The number of benzene rings is 1. The summed E-state index contributed by atoms with van der Waals surface area (Å²) in [5.41, 5.74) is 0.209. The molecule has 0 fully saturated rings. The number of nitrogens with one attached hydrogen (secondary N) is 1. The molecule has 0 saturated carbocycles. The molecule has 1 aliphatic heterocycles. The summed E-state index contributed by atoms with van der Waals surface area (Å²) in [5, 5.41) is 11.8. The predicted octanol–water partition coefficient (Wildman–Crippen LogP) is 0.584. The number of anilines is 1. The molecule has 1 aromatic carbocycles. The Labute approximate surface area is 86.7 Å². The van der Waals surface area contributed by atoms with Crippen molar-refractivity contribution in [3.8, 4) is 0 Å². The summed E-state index contributed by atoms with van der Waals surface area (Å²) in [4.78, 5) is 10.8. The van der Waals surface area contributed by atoms with E-state index in [1.165, 1.54) is 12.1 Å². The largest absolute Gasteiger partial charge is 0.478 e. The highest BCUT2D eigenvalue weighted by atomic mass is 32.2. The highest BCUT2D eigenvalue weighted by Gasteiger charge is 2.28. The Morgan fingerprint density at radius 2 is 2.13 bits per heavy atom. The molecule has 0 unspecified atom stereocenters. The van der Waals surface area contributed by atoms with Gasteiger partial charge in [0.25, 0.3) is 0 Å². The second-order valence-corrected chi connectivity index (χ2v) is 5.28. The van der Waals surface area contributed by atoms with Gasteiger partial charge in [-0.05, 0) is 12.1 Å². The number of rotatable bonds is 1. The van der Waals surface area contributed by atoms with Gasteiger partial charge in [-0.1, -0.05) is 6.07 Å². The standard InChI is InChI=1S/C9H9NO4S/c11-9(12)6-2-1-3-7-8(6)15(13,14)5-4-10-7/h1-3,10H,4-5H2,(H,11,12). The number of aromatic carboxylic acids is 1. The molecule has 0 saturated heterocycles. The number of hydrogen-bond acceptors (Lipinski definition) is 4. The van der Waals surface area contributed by atoms with Crippen molar-refractivity contribution < 1.29 is 18.3 Å². The lowest BCUT2D eigenvalue weighted by Crippen LogP contribution is -2.25. The smallest absolute Gasteiger partial charge is 0.337 e. The third-order valence-electron chi connectivity index (χ3n) is 2.24. The summed E-state index contributed by atoms with van der Waals surface area (Å²) in [6.07, 6.45) is 0. The van der Waals surface area contributed by atoms with Gasteiger partial charge in [-0.2, -0.15) is 0 Å². The molecular weight excluding hydrogens is 218 g/mol. The average molecular weight is 227 g/mol. The van der Waals surface area contributed by atoms with Gasteiger partial charge in [0.05, 0.1) is 17.0 Å². The van der Waals surface area contributed by atoms with E-state index in [2.05, 4.69) is 5.32 Å². The maximum Gasteiger partial charge on any atom is 0.337 e. The number of hydrogen-bond donors (Lipinski definition) is 2. The molecule has 2 rings (SSSR count). The minimum atomic E-state index is -3.46. The topological polar surface area (TPSA) is 83.5 Å². The van der Waals surface area contributed by atoms with E-state index in [0.29, 0.717) is 12.2 Å². The summed E-state index contributed by atoms with van der Waals surface area (Å²) < 4.78 is 23.4. The Morgan fingerprint density at radius 3 is 2.80 bits per heavy atom. The van der Waals surface area contributed by atoms with Crippen LogP contribution in [0.2, 0.25) is 0 Å². The lowest BCUT2D eigenvalue weighted by molar-refractivity contribution is 0.0692. The van der Waals surface area contributed by atoms with E-state index in [9.17, 15) is 13.2 Å². The molecule has 1 aliphatic rings. The van der Waals surface area contributed by atoms with Crippen LogP contribution in [0.5, 0.6) is 0 Å². The van der Waals surface area contributed by atoms with Crippen molar-refractivity contribution in [2.45, 2.75) is 4.90 Å². The monoisotopic (exact) mass is 227 g/mol. The van der Waals surface area contributed by atoms with Crippen LogP contribution in [0.25, 0.3) is 0 Å². The van der Waals surface area contributed by atoms with Crippen LogP contribution in [0.4, 0.5) is 5.69 Å². The first-order chi connectivity index (χ1) is 7.02. The lowest BCUT2D eigenvalue weighted by Gasteiger charge is -2.19. The van der Waals surface area contributed by atoms with E-state index in [4.69, 9.17) is 5.11 Å². The van der Waals surface area contributed by atoms with Crippen molar-refractivity contribution in [3.05, 3.63) is 23.8 Å². The Bertz CT molecular complexity index is 521. The van der Waals surface area contributed by atoms with Crippen LogP contribution in [0, 0.1) is 0 Å². The highest BCUT2D eigenvalue weighted by molar-refractivity contribution is 7.91. The molecule has 15 heavy (non-hydrogen) atoms. The number of sulfone groups is 1. The van der Waals surface area contributed by atoms with Crippen molar-refractivity contribution in [2.24, 2.45) is 0 Å². The summed E-state index contributed by atoms with van der Waals surface area (Å²) in [5.74, 6) is -1.29. The molecule has 0 spiro atoms. The van der Waals surface area contributed by atoms with Crippen LogP contribution in [0.3, 0.4) is 0 Å². The summed E-state index contributed by atoms with van der Waals surface area (Å²) >= 11 is 0. The van der Waals surface area contributed by atoms with Gasteiger partial charge in [-0.3, -0.25) is 0 Å². The van der Waals surface area contributed by atoms with Gasteiger partial charge in [0.15, 0.2) is 9.84 Å². The van der Waals surface area contributed by atoms with Gasteiger partial charge in [0.1, 0.15) is 4.90 Å². The first-order valence-electron chi connectivity index (χ1n) is 4.35. The third kappa shape index (κ3) is 1.56. The molecule has 6 heteroatoms. The molecule has 0 atom stereocenters. The Hall–Kier alpha value is -1.56. The first kappa shape index (κ1) is 9.97. The third-order valence-corrected chi connectivity index (χ3v) is 4.05. The molecule has 0 aliphatic carbocycles. The predicted molar refractivity (Wildman–Crippen MR) is 53.9 cm³/mol. The fraction of sp³-hybridized carbons (Fsp3) is 0.222. The normalized spacial score (nSPS) is 17.6. The molecule has 2 N–H and O–H groups in total. The molecule has 0 amide bonds. The van der Waals surface area contributed by atoms with E-state index in [1.807, 2.05) is 0 Å². The highest BCUT2D eigenvalue weighted by Crippen LogP contribution is 2.29. The van der Waals surface area contributed by atoms with E-state index in [1.54, 1.807) is 6.07 Å². The molecule has 1 aromatic rings. The number of carboxylic acid groups (broad SMARTS) is 1. The quantitative estimate of drug-likeness (QED) is 0.733. The van der Waals surface area contributed by atoms with E-state index in [-0.39, 0.29) is 16.2 Å². The van der Waals surface area contributed by atoms with Gasteiger partial charge in [0, 0.05) is 6.54 Å². The van der Waals surface area contributed by atoms with E-state index >= 15 is 0 Å². The number of carbonyl (C=O) groups is 1. The minimum absolute atomic E-state index is 0.0652. The van der Waals surface area contributed by atoms with Crippen molar-refractivity contribution in [3.63, 3.8) is 0 Å². The van der Waals surface area contributed by atoms with Crippen molar-refractivity contribution >= 4 is 21.5 Å². The maximum absolute atomic E-state index is 11.7. The van der Waals surface area contributed by atoms with Crippen LogP contribution in [-0.4, -0.2) is 31.8 Å². The minimum Gasteiger partial charge on any atom is -0.478 e. The van der Waals surface area contributed by atoms with Crippen LogP contribution >= 0.6 is 0 Å². The lowest BCUT2D eigenvalue weighted by atomic mass is 10.2. The van der Waals surface area contributed by atoms with Gasteiger partial charge in [-0.15, -0.1) is 0 Å². The van der Waals surface area contributed by atoms with Crippen LogP contribution < -0.4 is 5.32 Å². The van der Waals surface area contributed by atoms with E-state index < -0.39 is 15.8 Å². The number of carboxylic acids is 1. The van der Waals surface area contributed by atoms with Crippen LogP contribution in [0.1, 0.15) is 10.4 Å².